The molecule has 0 atom stereocenters. The minimum atomic E-state index is -0.154. The number of rotatable bonds is 7. The fourth-order valence-corrected chi connectivity index (χ4v) is 3.26. The van der Waals surface area contributed by atoms with Gasteiger partial charge in [0.15, 0.2) is 12.6 Å². The molecule has 0 saturated carbocycles. The van der Waals surface area contributed by atoms with Crippen LogP contribution in [0, 0.1) is 0 Å². The highest BCUT2D eigenvalue weighted by Crippen LogP contribution is 2.28. The van der Waals surface area contributed by atoms with Gasteiger partial charge in [-0.15, -0.1) is 0 Å². The van der Waals surface area contributed by atoms with Crippen molar-refractivity contribution in [3.05, 3.63) is 86.4 Å². The highest BCUT2D eigenvalue weighted by Gasteiger charge is 2.06. The molecule has 0 spiro atoms. The van der Waals surface area contributed by atoms with Gasteiger partial charge in [-0.3, -0.25) is 14.6 Å². The van der Waals surface area contributed by atoms with Gasteiger partial charge in [-0.2, -0.15) is 0 Å². The maximum atomic E-state index is 10.5. The molecule has 36 heavy (non-hydrogen) atoms. The summed E-state index contributed by atoms with van der Waals surface area (Å²) in [6, 6.07) is 15.3. The second-order valence-electron chi connectivity index (χ2n) is 6.48. The summed E-state index contributed by atoms with van der Waals surface area (Å²) >= 11 is 17.2. The molecule has 0 aliphatic heterocycles. The fraction of sp³-hybridized carbons (Fsp3) is 0.222. The SMILES string of the molecule is C.CCOc1c(Cl)cccc1C=NC.CCOc1c(Cl)cccc1C=O.O=Cc1cccc(Cl)c1O. The van der Waals surface area contributed by atoms with E-state index in [1.54, 1.807) is 43.6 Å². The topological polar surface area (TPSA) is 85.2 Å². The van der Waals surface area contributed by atoms with Gasteiger partial charge in [-0.05, 0) is 50.2 Å². The van der Waals surface area contributed by atoms with Crippen LogP contribution in [-0.2, 0) is 0 Å². The number of carbonyl (C=O) groups is 2. The van der Waals surface area contributed by atoms with E-state index in [4.69, 9.17) is 49.4 Å². The summed E-state index contributed by atoms with van der Waals surface area (Å²) in [6.07, 6.45) is 3.02. The van der Waals surface area contributed by atoms with E-state index in [-0.39, 0.29) is 23.8 Å². The van der Waals surface area contributed by atoms with Crippen molar-refractivity contribution in [2.75, 3.05) is 20.3 Å². The lowest BCUT2D eigenvalue weighted by molar-refractivity contribution is 0.111. The van der Waals surface area contributed by atoms with Crippen LogP contribution < -0.4 is 9.47 Å². The molecule has 0 saturated heterocycles. The highest BCUT2D eigenvalue weighted by molar-refractivity contribution is 6.33. The number of phenolic OH excluding ortho intramolecular Hbond substituents is 1. The van der Waals surface area contributed by atoms with Crippen molar-refractivity contribution in [3.63, 3.8) is 0 Å². The predicted molar refractivity (Wildman–Crippen MR) is 149 cm³/mol. The predicted octanol–water partition coefficient (Wildman–Crippen LogP) is 7.83. The zero-order chi connectivity index (χ0) is 26.2. The average Bonchev–Trinajstić information content (AvgIpc) is 2.85. The fourth-order valence-electron chi connectivity index (χ4n) is 2.60. The van der Waals surface area contributed by atoms with E-state index < -0.39 is 0 Å². The van der Waals surface area contributed by atoms with Crippen molar-refractivity contribution in [2.45, 2.75) is 21.3 Å². The van der Waals surface area contributed by atoms with Crippen molar-refractivity contribution < 1.29 is 24.2 Å². The molecule has 0 aliphatic rings. The Bertz CT molecular complexity index is 1140. The monoisotopic (exact) mass is 553 g/mol. The lowest BCUT2D eigenvalue weighted by atomic mass is 10.2. The molecule has 6 nitrogen and oxygen atoms in total. The third kappa shape index (κ3) is 10.3. The number of nitrogens with zero attached hydrogens (tertiary/aromatic N) is 1. The van der Waals surface area contributed by atoms with Gasteiger partial charge in [0.1, 0.15) is 17.2 Å². The molecular formula is C27H30Cl3NO5. The largest absolute Gasteiger partial charge is 0.506 e. The Hall–Kier alpha value is -3.06. The maximum absolute atomic E-state index is 10.5. The third-order valence-electron chi connectivity index (χ3n) is 4.11. The molecule has 0 bridgehead atoms. The number of aldehydes is 2. The first kappa shape index (κ1) is 32.9. The van der Waals surface area contributed by atoms with E-state index in [1.807, 2.05) is 26.0 Å². The van der Waals surface area contributed by atoms with E-state index in [0.717, 1.165) is 11.8 Å². The number of hydrogen-bond acceptors (Lipinski definition) is 6. The highest BCUT2D eigenvalue weighted by atomic mass is 35.5. The second kappa shape index (κ2) is 18.2. The molecule has 3 aromatic rings. The van der Waals surface area contributed by atoms with E-state index in [1.165, 1.54) is 12.1 Å². The molecule has 194 valence electrons. The van der Waals surface area contributed by atoms with Crippen LogP contribution in [0.2, 0.25) is 15.1 Å². The zero-order valence-electron chi connectivity index (χ0n) is 19.5. The first-order valence-electron chi connectivity index (χ1n) is 10.5. The number of aliphatic imine (C=N–C) groups is 1. The summed E-state index contributed by atoms with van der Waals surface area (Å²) in [7, 11) is 1.72. The number of phenols is 1. The Morgan fingerprint density at radius 1 is 0.750 bits per heavy atom. The van der Waals surface area contributed by atoms with Gasteiger partial charge in [0.2, 0.25) is 0 Å². The molecule has 0 heterocycles. The molecule has 0 unspecified atom stereocenters. The van der Waals surface area contributed by atoms with Crippen molar-refractivity contribution in [1.82, 2.24) is 0 Å². The van der Waals surface area contributed by atoms with Crippen LogP contribution >= 0.6 is 34.8 Å². The normalized spacial score (nSPS) is 9.61. The van der Waals surface area contributed by atoms with E-state index in [0.29, 0.717) is 46.6 Å². The Morgan fingerprint density at radius 3 is 1.58 bits per heavy atom. The van der Waals surface area contributed by atoms with Crippen LogP contribution in [0.5, 0.6) is 17.2 Å². The van der Waals surface area contributed by atoms with Gasteiger partial charge in [0.25, 0.3) is 0 Å². The minimum absolute atomic E-state index is 0. The van der Waals surface area contributed by atoms with Crippen LogP contribution in [0.4, 0.5) is 0 Å². The van der Waals surface area contributed by atoms with Gasteiger partial charge in [0, 0.05) is 18.8 Å². The summed E-state index contributed by atoms with van der Waals surface area (Å²) in [6.45, 7) is 4.88. The standard InChI is InChI=1S/C10H12ClNO.C9H9ClO2.C7H5ClO2.CH4/c1-3-13-10-8(7-12-2)5-4-6-9(10)11;1-2-12-9-7(6-11)4-3-5-8(9)10;8-6-3-1-2-5(4-9)7(6)10;/h4-7H,3H2,1-2H3;3-6H,2H2,1H3;1-4,10H;1H4. The lowest BCUT2D eigenvalue weighted by Crippen LogP contribution is -1.96. The summed E-state index contributed by atoms with van der Waals surface area (Å²) in [5.74, 6) is 1.02. The van der Waals surface area contributed by atoms with Crippen LogP contribution in [0.25, 0.3) is 0 Å². The Kier molecular flexibility index (Phi) is 16.7. The molecule has 0 fully saturated rings. The van der Waals surface area contributed by atoms with Crippen molar-refractivity contribution in [2.24, 2.45) is 4.99 Å². The number of aromatic hydroxyl groups is 1. The van der Waals surface area contributed by atoms with Gasteiger partial charge in [0.05, 0.1) is 39.4 Å². The Balaban J connectivity index is 0.000000507. The molecule has 1 N–H and O–H groups in total. The number of hydrogen-bond donors (Lipinski definition) is 1. The van der Waals surface area contributed by atoms with Crippen molar-refractivity contribution in [1.29, 1.82) is 0 Å². The smallest absolute Gasteiger partial charge is 0.153 e. The number of carbonyl (C=O) groups excluding carboxylic acids is 2. The second-order valence-corrected chi connectivity index (χ2v) is 7.70. The molecule has 0 amide bonds. The first-order valence-corrected chi connectivity index (χ1v) is 11.6. The molecule has 0 aliphatic carbocycles. The number of benzene rings is 3. The van der Waals surface area contributed by atoms with Gasteiger partial charge in [-0.25, -0.2) is 0 Å². The minimum Gasteiger partial charge on any atom is -0.506 e. The van der Waals surface area contributed by atoms with Gasteiger partial charge < -0.3 is 14.6 Å². The van der Waals surface area contributed by atoms with E-state index in [2.05, 4.69) is 4.99 Å². The van der Waals surface area contributed by atoms with E-state index >= 15 is 0 Å². The molecule has 0 radical (unpaired) electrons. The molecule has 9 heteroatoms. The van der Waals surface area contributed by atoms with Gasteiger partial charge in [-0.1, -0.05) is 60.4 Å². The summed E-state index contributed by atoms with van der Waals surface area (Å²) < 4.78 is 10.6. The Labute approximate surface area is 227 Å². The summed E-state index contributed by atoms with van der Waals surface area (Å²) in [5.41, 5.74) is 1.62. The zero-order valence-corrected chi connectivity index (χ0v) is 21.8. The Morgan fingerprint density at radius 2 is 1.17 bits per heavy atom. The van der Waals surface area contributed by atoms with Crippen LogP contribution in [-0.4, -0.2) is 44.2 Å². The molecule has 3 aromatic carbocycles. The molecular weight excluding hydrogens is 525 g/mol. The summed E-state index contributed by atoms with van der Waals surface area (Å²) in [4.78, 5) is 24.6. The van der Waals surface area contributed by atoms with Crippen LogP contribution in [0.3, 0.4) is 0 Å². The lowest BCUT2D eigenvalue weighted by Gasteiger charge is -2.07. The number of para-hydroxylation sites is 3. The van der Waals surface area contributed by atoms with E-state index in [9.17, 15) is 9.59 Å². The molecule has 0 aromatic heterocycles. The number of ether oxygens (including phenoxy) is 2. The van der Waals surface area contributed by atoms with Crippen LogP contribution in [0.1, 0.15) is 47.6 Å². The third-order valence-corrected chi connectivity index (χ3v) is 5.01. The van der Waals surface area contributed by atoms with Crippen molar-refractivity contribution in [3.8, 4) is 17.2 Å². The summed E-state index contributed by atoms with van der Waals surface area (Å²) in [5, 5.41) is 10.3. The maximum Gasteiger partial charge on any atom is 0.153 e. The molecule has 3 rings (SSSR count). The van der Waals surface area contributed by atoms with Crippen LogP contribution in [0.15, 0.2) is 59.6 Å². The average molecular weight is 555 g/mol. The number of halogens is 3. The van der Waals surface area contributed by atoms with Crippen molar-refractivity contribution >= 4 is 53.6 Å². The quantitative estimate of drug-likeness (QED) is 0.238. The van der Waals surface area contributed by atoms with Gasteiger partial charge >= 0.3 is 0 Å². The first-order chi connectivity index (χ1) is 16.8.